The van der Waals surface area contributed by atoms with Crippen molar-refractivity contribution in [3.05, 3.63) is 60.0 Å². The number of nitrogens with two attached hydrogens (primary N) is 1. The van der Waals surface area contributed by atoms with E-state index in [9.17, 15) is 18.0 Å². The van der Waals surface area contributed by atoms with Gasteiger partial charge in [-0.1, -0.05) is 30.0 Å². The molecular formula is C18H15F3N6O2S. The van der Waals surface area contributed by atoms with Crippen molar-refractivity contribution in [1.29, 1.82) is 0 Å². The highest BCUT2D eigenvalue weighted by Gasteiger charge is 2.29. The van der Waals surface area contributed by atoms with Gasteiger partial charge < -0.3 is 15.8 Å². The second-order valence-corrected chi connectivity index (χ2v) is 6.72. The van der Waals surface area contributed by atoms with Crippen LogP contribution in [-0.4, -0.2) is 37.8 Å². The van der Waals surface area contributed by atoms with Crippen LogP contribution in [0.3, 0.4) is 0 Å². The topological polar surface area (TPSA) is 116 Å². The maximum Gasteiger partial charge on any atom is 0.398 e. The van der Waals surface area contributed by atoms with Gasteiger partial charge in [-0.3, -0.25) is 0 Å². The molecular weight excluding hydrogens is 421 g/mol. The summed E-state index contributed by atoms with van der Waals surface area (Å²) in [5.41, 5.74) is 6.30. The number of rotatable bonds is 7. The Hall–Kier alpha value is -3.41. The van der Waals surface area contributed by atoms with Gasteiger partial charge in [0.05, 0.1) is 11.3 Å². The summed E-state index contributed by atoms with van der Waals surface area (Å²) in [6.45, 7) is -0.354. The number of aromatic nitrogens is 4. The normalized spacial score (nSPS) is 11.2. The van der Waals surface area contributed by atoms with Gasteiger partial charge in [-0.05, 0) is 24.3 Å². The van der Waals surface area contributed by atoms with Gasteiger partial charge in [0.2, 0.25) is 11.9 Å². The number of nitrogens with one attached hydrogen (secondary N) is 1. The van der Waals surface area contributed by atoms with E-state index < -0.39 is 17.9 Å². The summed E-state index contributed by atoms with van der Waals surface area (Å²) in [5.74, 6) is -1.89. The van der Waals surface area contributed by atoms with Crippen LogP contribution in [0.2, 0.25) is 0 Å². The Kier molecular flexibility index (Phi) is 6.67. The number of nitrogen functional groups attached to an aromatic ring is 1. The van der Waals surface area contributed by atoms with E-state index in [0.29, 0.717) is 17.4 Å². The molecule has 12 heteroatoms. The van der Waals surface area contributed by atoms with Crippen LogP contribution < -0.4 is 11.1 Å². The Morgan fingerprint density at radius 1 is 1.10 bits per heavy atom. The summed E-state index contributed by atoms with van der Waals surface area (Å²) < 4.78 is 42.5. The van der Waals surface area contributed by atoms with Crippen molar-refractivity contribution in [3.63, 3.8) is 0 Å². The quantitative estimate of drug-likeness (QED) is 0.423. The second kappa shape index (κ2) is 9.39. The smallest absolute Gasteiger partial charge is 0.398 e. The molecule has 0 unspecified atom stereocenters. The zero-order valence-electron chi connectivity index (χ0n) is 15.3. The average molecular weight is 436 g/mol. The van der Waals surface area contributed by atoms with Crippen molar-refractivity contribution in [3.8, 4) is 0 Å². The number of nitrogens with zero attached hydrogens (tertiary/aromatic N) is 4. The molecule has 0 amide bonds. The molecule has 0 aliphatic rings. The van der Waals surface area contributed by atoms with Gasteiger partial charge in [-0.15, -0.1) is 0 Å². The molecule has 2 heterocycles. The molecule has 156 valence electrons. The Morgan fingerprint density at radius 3 is 2.60 bits per heavy atom. The molecule has 30 heavy (non-hydrogen) atoms. The maximum atomic E-state index is 12.5. The lowest BCUT2D eigenvalue weighted by molar-refractivity contribution is -0.105. The van der Waals surface area contributed by atoms with Gasteiger partial charge in [0, 0.05) is 11.9 Å². The zero-order chi connectivity index (χ0) is 21.6. The van der Waals surface area contributed by atoms with Gasteiger partial charge in [-0.2, -0.15) is 28.1 Å². The number of ether oxygens (including phenoxy) is 1. The van der Waals surface area contributed by atoms with Crippen LogP contribution in [0.25, 0.3) is 0 Å². The van der Waals surface area contributed by atoms with E-state index in [4.69, 9.17) is 10.5 Å². The summed E-state index contributed by atoms with van der Waals surface area (Å²) in [4.78, 5) is 28.2. The molecule has 0 aliphatic carbocycles. The molecule has 3 N–H and O–H groups in total. The number of carbonyl (C=O) groups excluding carboxylic acids is 1. The zero-order valence-corrected chi connectivity index (χ0v) is 16.1. The van der Waals surface area contributed by atoms with E-state index >= 15 is 0 Å². The van der Waals surface area contributed by atoms with Crippen molar-refractivity contribution >= 4 is 35.3 Å². The molecule has 0 fully saturated rings. The van der Waals surface area contributed by atoms with E-state index in [1.165, 1.54) is 18.3 Å². The van der Waals surface area contributed by atoms with E-state index in [1.54, 1.807) is 12.1 Å². The number of para-hydroxylation sites is 1. The van der Waals surface area contributed by atoms with Crippen molar-refractivity contribution in [2.45, 2.75) is 17.8 Å². The Labute approximate surface area is 173 Å². The first-order chi connectivity index (χ1) is 14.3. The molecule has 0 bridgehead atoms. The van der Waals surface area contributed by atoms with E-state index in [2.05, 4.69) is 25.3 Å². The third kappa shape index (κ3) is 6.30. The summed E-state index contributed by atoms with van der Waals surface area (Å²) >= 11 is 0.402. The fourth-order valence-electron chi connectivity index (χ4n) is 2.23. The largest absolute Gasteiger partial charge is 0.454 e. The van der Waals surface area contributed by atoms with Crippen molar-refractivity contribution < 1.29 is 22.7 Å². The Balaban J connectivity index is 1.68. The van der Waals surface area contributed by atoms with Crippen LogP contribution in [0, 0.1) is 0 Å². The number of hydrogen-bond acceptors (Lipinski definition) is 9. The monoisotopic (exact) mass is 436 g/mol. The van der Waals surface area contributed by atoms with E-state index in [0.717, 1.165) is 0 Å². The van der Waals surface area contributed by atoms with Crippen molar-refractivity contribution in [1.82, 2.24) is 19.9 Å². The first kappa shape index (κ1) is 21.3. The third-order valence-corrected chi connectivity index (χ3v) is 4.50. The summed E-state index contributed by atoms with van der Waals surface area (Å²) in [6.07, 6.45) is -3.10. The standard InChI is InChI=1S/C18H15F3N6O2S/c19-18(20,21)10-30-14-12(7-4-8-23-14)15(28)29-9-13-25-16(22)27-17(26-13)24-11-5-2-1-3-6-11/h1-8H,9-10H2,(H3,22,24,25,26,27). The number of anilines is 3. The minimum absolute atomic E-state index is 0.0719. The average Bonchev–Trinajstić information content (AvgIpc) is 2.70. The molecule has 3 aromatic rings. The molecule has 1 aromatic carbocycles. The lowest BCUT2D eigenvalue weighted by Crippen LogP contribution is -2.14. The van der Waals surface area contributed by atoms with Crippen molar-refractivity contribution in [2.24, 2.45) is 0 Å². The number of halogens is 3. The van der Waals surface area contributed by atoms with Gasteiger partial charge in [-0.25, -0.2) is 9.78 Å². The highest BCUT2D eigenvalue weighted by Crippen LogP contribution is 2.28. The first-order valence-electron chi connectivity index (χ1n) is 8.44. The molecule has 0 radical (unpaired) electrons. The summed E-state index contributed by atoms with van der Waals surface area (Å²) in [6, 6.07) is 11.8. The van der Waals surface area contributed by atoms with Crippen LogP contribution in [0.5, 0.6) is 0 Å². The van der Waals surface area contributed by atoms with Gasteiger partial charge in [0.15, 0.2) is 12.4 Å². The van der Waals surface area contributed by atoms with Gasteiger partial charge in [0.25, 0.3) is 0 Å². The molecule has 0 saturated carbocycles. The van der Waals surface area contributed by atoms with Crippen LogP contribution >= 0.6 is 11.8 Å². The lowest BCUT2D eigenvalue weighted by Gasteiger charge is -2.10. The van der Waals surface area contributed by atoms with Crippen LogP contribution in [0.15, 0.2) is 53.7 Å². The second-order valence-electron chi connectivity index (χ2n) is 5.76. The number of benzene rings is 1. The van der Waals surface area contributed by atoms with Crippen LogP contribution in [0.1, 0.15) is 16.2 Å². The molecule has 3 rings (SSSR count). The minimum atomic E-state index is -4.39. The first-order valence-corrected chi connectivity index (χ1v) is 9.43. The van der Waals surface area contributed by atoms with Gasteiger partial charge >= 0.3 is 12.1 Å². The highest BCUT2D eigenvalue weighted by atomic mass is 32.2. The van der Waals surface area contributed by atoms with Gasteiger partial charge in [0.1, 0.15) is 5.03 Å². The fourth-order valence-corrected chi connectivity index (χ4v) is 2.97. The Morgan fingerprint density at radius 2 is 1.87 bits per heavy atom. The molecule has 8 nitrogen and oxygen atoms in total. The Bertz CT molecular complexity index is 1020. The molecule has 0 spiro atoms. The molecule has 0 atom stereocenters. The van der Waals surface area contributed by atoms with E-state index in [-0.39, 0.29) is 34.9 Å². The number of carbonyl (C=O) groups is 1. The number of pyridine rings is 1. The highest BCUT2D eigenvalue weighted by molar-refractivity contribution is 7.99. The predicted octanol–water partition coefficient (Wildman–Crippen LogP) is 3.60. The number of alkyl halides is 3. The number of hydrogen-bond donors (Lipinski definition) is 2. The molecule has 2 aromatic heterocycles. The third-order valence-electron chi connectivity index (χ3n) is 3.42. The number of esters is 1. The predicted molar refractivity (Wildman–Crippen MR) is 104 cm³/mol. The summed E-state index contributed by atoms with van der Waals surface area (Å²) in [7, 11) is 0. The lowest BCUT2D eigenvalue weighted by atomic mass is 10.3. The van der Waals surface area contributed by atoms with Crippen molar-refractivity contribution in [2.75, 3.05) is 16.8 Å². The number of thioether (sulfide) groups is 1. The fraction of sp³-hybridized carbons (Fsp3) is 0.167. The maximum absolute atomic E-state index is 12.5. The summed E-state index contributed by atoms with van der Waals surface area (Å²) in [5, 5.41) is 2.86. The minimum Gasteiger partial charge on any atom is -0.454 e. The molecule has 0 saturated heterocycles. The van der Waals surface area contributed by atoms with E-state index in [1.807, 2.05) is 18.2 Å². The van der Waals surface area contributed by atoms with Crippen LogP contribution in [-0.2, 0) is 11.3 Å². The SMILES string of the molecule is Nc1nc(COC(=O)c2cccnc2SCC(F)(F)F)nc(Nc2ccccc2)n1. The molecule has 0 aliphatic heterocycles. The van der Waals surface area contributed by atoms with Crippen LogP contribution in [0.4, 0.5) is 30.8 Å².